The lowest BCUT2D eigenvalue weighted by Gasteiger charge is -2.33. The molecule has 2 heterocycles. The van der Waals surface area contributed by atoms with Gasteiger partial charge in [0.05, 0.1) is 5.52 Å². The molecule has 1 amide bonds. The van der Waals surface area contributed by atoms with E-state index in [4.69, 9.17) is 0 Å². The summed E-state index contributed by atoms with van der Waals surface area (Å²) in [5, 5.41) is 3.60. The third-order valence-corrected chi connectivity index (χ3v) is 5.85. The predicted molar refractivity (Wildman–Crippen MR) is 115 cm³/mol. The zero-order chi connectivity index (χ0) is 22.4. The minimum Gasteiger partial charge on any atom is -0.356 e. The van der Waals surface area contributed by atoms with Gasteiger partial charge in [-0.15, -0.1) is 0 Å². The molecule has 3 rings (SSSR count). The topological polar surface area (TPSA) is 61.4 Å². The molecule has 1 aliphatic heterocycles. The fraction of sp³-hybridized carbons (Fsp3) is 0.591. The third kappa shape index (κ3) is 5.84. The number of carbonyl (C=O) groups excluding carboxylic acids is 1. The van der Waals surface area contributed by atoms with E-state index in [1.807, 2.05) is 4.90 Å². The quantitative estimate of drug-likeness (QED) is 0.638. The highest BCUT2D eigenvalue weighted by Gasteiger charge is 2.36. The maximum atomic E-state index is 13.3. The van der Waals surface area contributed by atoms with Gasteiger partial charge in [-0.05, 0) is 51.0 Å². The van der Waals surface area contributed by atoms with Crippen molar-refractivity contribution in [2.24, 2.45) is 5.92 Å². The summed E-state index contributed by atoms with van der Waals surface area (Å²) >= 11 is 0. The molecule has 6 nitrogen and oxygen atoms in total. The van der Waals surface area contributed by atoms with Gasteiger partial charge >= 0.3 is 6.18 Å². The Kier molecular flexibility index (Phi) is 7.69. The van der Waals surface area contributed by atoms with E-state index in [9.17, 15) is 18.0 Å². The van der Waals surface area contributed by atoms with Gasteiger partial charge in [-0.2, -0.15) is 13.2 Å². The highest BCUT2D eigenvalue weighted by molar-refractivity contribution is 5.89. The van der Waals surface area contributed by atoms with Gasteiger partial charge in [-0.1, -0.05) is 26.0 Å². The van der Waals surface area contributed by atoms with Gasteiger partial charge in [0.1, 0.15) is 5.82 Å². The van der Waals surface area contributed by atoms with Crippen LogP contribution in [0.4, 0.5) is 19.0 Å². The van der Waals surface area contributed by atoms with Crippen molar-refractivity contribution in [2.45, 2.75) is 39.3 Å². The Labute approximate surface area is 180 Å². The van der Waals surface area contributed by atoms with Crippen molar-refractivity contribution in [2.75, 3.05) is 44.2 Å². The van der Waals surface area contributed by atoms with Crippen molar-refractivity contribution < 1.29 is 18.0 Å². The molecule has 0 atom stereocenters. The van der Waals surface area contributed by atoms with Gasteiger partial charge in [0.15, 0.2) is 0 Å². The van der Waals surface area contributed by atoms with Crippen LogP contribution in [0.2, 0.25) is 0 Å². The SMILES string of the molecule is CCN(CC)CCCNC(=O)C1CCN(c2nc(C(F)(F)F)nc3ccccc23)CC1. The van der Waals surface area contributed by atoms with E-state index in [2.05, 4.69) is 34.0 Å². The van der Waals surface area contributed by atoms with Gasteiger partial charge in [-0.3, -0.25) is 4.79 Å². The molecule has 1 aromatic carbocycles. The van der Waals surface area contributed by atoms with Crippen molar-refractivity contribution in [3.63, 3.8) is 0 Å². The van der Waals surface area contributed by atoms with Gasteiger partial charge in [0.25, 0.3) is 0 Å². The Morgan fingerprint density at radius 3 is 2.48 bits per heavy atom. The average molecular weight is 438 g/mol. The number of nitrogens with one attached hydrogen (secondary N) is 1. The highest BCUT2D eigenvalue weighted by atomic mass is 19.4. The second-order valence-electron chi connectivity index (χ2n) is 7.82. The number of alkyl halides is 3. The maximum absolute atomic E-state index is 13.3. The maximum Gasteiger partial charge on any atom is 0.451 e. The summed E-state index contributed by atoms with van der Waals surface area (Å²) < 4.78 is 39.8. The summed E-state index contributed by atoms with van der Waals surface area (Å²) in [6, 6.07) is 6.73. The molecule has 1 aliphatic rings. The van der Waals surface area contributed by atoms with Gasteiger partial charge in [0.2, 0.25) is 11.7 Å². The fourth-order valence-electron chi connectivity index (χ4n) is 3.98. The zero-order valence-electron chi connectivity index (χ0n) is 18.1. The smallest absolute Gasteiger partial charge is 0.356 e. The number of para-hydroxylation sites is 1. The molecule has 0 saturated carbocycles. The van der Waals surface area contributed by atoms with E-state index in [0.29, 0.717) is 37.9 Å². The number of hydrogen-bond donors (Lipinski definition) is 1. The van der Waals surface area contributed by atoms with Crippen molar-refractivity contribution in [1.29, 1.82) is 0 Å². The first-order valence-corrected chi connectivity index (χ1v) is 10.9. The lowest BCUT2D eigenvalue weighted by molar-refractivity contribution is -0.144. The second kappa shape index (κ2) is 10.3. The number of aromatic nitrogens is 2. The van der Waals surface area contributed by atoms with E-state index < -0.39 is 12.0 Å². The largest absolute Gasteiger partial charge is 0.451 e. The summed E-state index contributed by atoms with van der Waals surface area (Å²) in [6.45, 7) is 8.79. The number of fused-ring (bicyclic) bond motifs is 1. The van der Waals surface area contributed by atoms with Crippen LogP contribution in [0.5, 0.6) is 0 Å². The Hall–Kier alpha value is -2.42. The Morgan fingerprint density at radius 1 is 1.16 bits per heavy atom. The summed E-state index contributed by atoms with van der Waals surface area (Å²) in [4.78, 5) is 24.2. The number of nitrogens with zero attached hydrogens (tertiary/aromatic N) is 4. The molecule has 9 heteroatoms. The van der Waals surface area contributed by atoms with E-state index in [1.54, 1.807) is 24.3 Å². The van der Waals surface area contributed by atoms with Crippen LogP contribution in [0, 0.1) is 5.92 Å². The normalized spacial score (nSPS) is 15.6. The molecule has 2 aromatic rings. The molecule has 0 radical (unpaired) electrons. The zero-order valence-corrected chi connectivity index (χ0v) is 18.1. The molecule has 1 N–H and O–H groups in total. The molecule has 31 heavy (non-hydrogen) atoms. The second-order valence-corrected chi connectivity index (χ2v) is 7.82. The van der Waals surface area contributed by atoms with Crippen LogP contribution in [-0.2, 0) is 11.0 Å². The summed E-state index contributed by atoms with van der Waals surface area (Å²) in [7, 11) is 0. The number of benzene rings is 1. The van der Waals surface area contributed by atoms with Crippen molar-refractivity contribution in [1.82, 2.24) is 20.2 Å². The first-order valence-electron chi connectivity index (χ1n) is 10.9. The summed E-state index contributed by atoms with van der Waals surface area (Å²) in [6.07, 6.45) is -2.54. The summed E-state index contributed by atoms with van der Waals surface area (Å²) in [5.74, 6) is -0.937. The Bertz CT molecular complexity index is 877. The predicted octanol–water partition coefficient (Wildman–Crippen LogP) is 3.71. The fourth-order valence-corrected chi connectivity index (χ4v) is 3.98. The van der Waals surface area contributed by atoms with E-state index >= 15 is 0 Å². The number of halogens is 3. The number of piperidine rings is 1. The molecule has 0 unspecified atom stereocenters. The van der Waals surface area contributed by atoms with Crippen molar-refractivity contribution in [3.8, 4) is 0 Å². The molecule has 1 fully saturated rings. The highest BCUT2D eigenvalue weighted by Crippen LogP contribution is 2.33. The van der Waals surface area contributed by atoms with Gasteiger partial charge in [-0.25, -0.2) is 9.97 Å². The molecule has 170 valence electrons. The van der Waals surface area contributed by atoms with E-state index in [0.717, 1.165) is 26.1 Å². The van der Waals surface area contributed by atoms with Crippen LogP contribution in [-0.4, -0.2) is 60.0 Å². The van der Waals surface area contributed by atoms with Gasteiger partial charge < -0.3 is 15.1 Å². The number of carbonyl (C=O) groups is 1. The summed E-state index contributed by atoms with van der Waals surface area (Å²) in [5.41, 5.74) is 0.271. The van der Waals surface area contributed by atoms with Crippen molar-refractivity contribution >= 4 is 22.6 Å². The first-order chi connectivity index (χ1) is 14.8. The lowest BCUT2D eigenvalue weighted by atomic mass is 9.95. The standard InChI is InChI=1S/C22H30F3N5O/c1-3-29(4-2)13-7-12-26-20(31)16-10-14-30(15-11-16)19-17-8-5-6-9-18(17)27-21(28-19)22(23,24)25/h5-6,8-9,16H,3-4,7,10-15H2,1-2H3,(H,26,31). The van der Waals surface area contributed by atoms with Crippen LogP contribution in [0.15, 0.2) is 24.3 Å². The minimum absolute atomic E-state index is 0.0303. The Morgan fingerprint density at radius 2 is 1.84 bits per heavy atom. The molecule has 1 aromatic heterocycles. The number of hydrogen-bond acceptors (Lipinski definition) is 5. The number of amides is 1. The van der Waals surface area contributed by atoms with Crippen LogP contribution >= 0.6 is 0 Å². The first kappa shape index (κ1) is 23.2. The minimum atomic E-state index is -4.61. The molecular weight excluding hydrogens is 407 g/mol. The van der Waals surface area contributed by atoms with Crippen molar-refractivity contribution in [3.05, 3.63) is 30.1 Å². The number of anilines is 1. The van der Waals surface area contributed by atoms with Crippen LogP contribution in [0.1, 0.15) is 38.9 Å². The third-order valence-electron chi connectivity index (χ3n) is 5.85. The van der Waals surface area contributed by atoms with Crippen LogP contribution < -0.4 is 10.2 Å². The van der Waals surface area contributed by atoms with E-state index in [-0.39, 0.29) is 23.2 Å². The molecule has 1 saturated heterocycles. The molecule has 0 aliphatic carbocycles. The average Bonchev–Trinajstić information content (AvgIpc) is 2.78. The van der Waals surface area contributed by atoms with Gasteiger partial charge in [0, 0.05) is 30.9 Å². The number of rotatable bonds is 8. The molecule has 0 bridgehead atoms. The van der Waals surface area contributed by atoms with Crippen LogP contribution in [0.3, 0.4) is 0 Å². The monoisotopic (exact) mass is 437 g/mol. The van der Waals surface area contributed by atoms with Crippen LogP contribution in [0.25, 0.3) is 10.9 Å². The molecular formula is C22H30F3N5O. The Balaban J connectivity index is 1.61. The molecule has 0 spiro atoms. The lowest BCUT2D eigenvalue weighted by Crippen LogP contribution is -2.41. The van der Waals surface area contributed by atoms with E-state index in [1.165, 1.54) is 0 Å².